The fourth-order valence-corrected chi connectivity index (χ4v) is 5.65. The second kappa shape index (κ2) is 6.34. The van der Waals surface area contributed by atoms with Crippen LogP contribution in [0.5, 0.6) is 0 Å². The Hall–Kier alpha value is -3.82. The van der Waals surface area contributed by atoms with Gasteiger partial charge in [-0.25, -0.2) is 0 Å². The van der Waals surface area contributed by atoms with E-state index in [4.69, 9.17) is 0 Å². The van der Waals surface area contributed by atoms with Crippen LogP contribution in [-0.4, -0.2) is 9.97 Å². The van der Waals surface area contributed by atoms with Crippen molar-refractivity contribution >= 4 is 54.9 Å². The Kier molecular flexibility index (Phi) is 3.46. The third-order valence-electron chi connectivity index (χ3n) is 6.19. The topological polar surface area (TPSA) is 31.6 Å². The first-order valence-corrected chi connectivity index (χ1v) is 11.3. The molecule has 2 nitrogen and oxygen atoms in total. The van der Waals surface area contributed by atoms with Crippen LogP contribution in [0.4, 0.5) is 0 Å². The minimum atomic E-state index is 1.19. The maximum atomic E-state index is 3.52. The molecular formula is C28H18N2S. The summed E-state index contributed by atoms with van der Waals surface area (Å²) in [6.45, 7) is 0. The van der Waals surface area contributed by atoms with Crippen molar-refractivity contribution in [2.45, 2.75) is 0 Å². The molecule has 0 amide bonds. The average molecular weight is 415 g/mol. The predicted octanol–water partition coefficient (Wildman–Crippen LogP) is 8.35. The van der Waals surface area contributed by atoms with E-state index in [2.05, 4.69) is 107 Å². The number of benzene rings is 4. The molecule has 7 rings (SSSR count). The fraction of sp³-hybridized carbons (Fsp3) is 0. The van der Waals surface area contributed by atoms with E-state index in [1.807, 2.05) is 11.3 Å². The van der Waals surface area contributed by atoms with Crippen LogP contribution in [0.15, 0.2) is 97.1 Å². The Balaban J connectivity index is 1.34. The number of hydrogen-bond acceptors (Lipinski definition) is 1. The first kappa shape index (κ1) is 16.9. The molecule has 0 unspecified atom stereocenters. The van der Waals surface area contributed by atoms with E-state index in [1.165, 1.54) is 64.5 Å². The van der Waals surface area contributed by atoms with Crippen molar-refractivity contribution in [2.75, 3.05) is 0 Å². The summed E-state index contributed by atoms with van der Waals surface area (Å²) >= 11 is 1.85. The molecule has 0 saturated carbocycles. The van der Waals surface area contributed by atoms with Crippen molar-refractivity contribution < 1.29 is 0 Å². The highest BCUT2D eigenvalue weighted by atomic mass is 32.1. The zero-order valence-corrected chi connectivity index (χ0v) is 17.5. The summed E-state index contributed by atoms with van der Waals surface area (Å²) in [5.74, 6) is 0. The van der Waals surface area contributed by atoms with Gasteiger partial charge in [-0.2, -0.15) is 0 Å². The van der Waals surface area contributed by atoms with E-state index in [9.17, 15) is 0 Å². The molecule has 3 heteroatoms. The van der Waals surface area contributed by atoms with Crippen LogP contribution in [0, 0.1) is 0 Å². The van der Waals surface area contributed by atoms with Crippen LogP contribution >= 0.6 is 11.3 Å². The van der Waals surface area contributed by atoms with Gasteiger partial charge >= 0.3 is 0 Å². The van der Waals surface area contributed by atoms with Gasteiger partial charge in [-0.3, -0.25) is 0 Å². The summed E-state index contributed by atoms with van der Waals surface area (Å²) in [7, 11) is 0. The molecule has 3 heterocycles. The highest BCUT2D eigenvalue weighted by Gasteiger charge is 2.10. The van der Waals surface area contributed by atoms with E-state index in [0.29, 0.717) is 0 Å². The van der Waals surface area contributed by atoms with Gasteiger partial charge in [0.15, 0.2) is 0 Å². The Labute approximate surface area is 182 Å². The summed E-state index contributed by atoms with van der Waals surface area (Å²) in [4.78, 5) is 9.62. The molecule has 0 aliphatic rings. The van der Waals surface area contributed by atoms with E-state index >= 15 is 0 Å². The normalized spacial score (nSPS) is 11.9. The van der Waals surface area contributed by atoms with Gasteiger partial charge in [0.2, 0.25) is 0 Å². The SMILES string of the molecule is c1ccc2c(c1)[nH]c1ccc(-c3ccc(-c4ccc5[nH]c6ccccc6c5c4)s3)cc12. The summed E-state index contributed by atoms with van der Waals surface area (Å²) in [6.07, 6.45) is 0. The Morgan fingerprint density at radius 1 is 0.419 bits per heavy atom. The Morgan fingerprint density at radius 3 is 1.39 bits per heavy atom. The number of aromatic nitrogens is 2. The van der Waals surface area contributed by atoms with E-state index in [1.54, 1.807) is 0 Å². The van der Waals surface area contributed by atoms with Crippen LogP contribution in [0.1, 0.15) is 0 Å². The molecule has 31 heavy (non-hydrogen) atoms. The molecule has 0 saturated heterocycles. The summed E-state index contributed by atoms with van der Waals surface area (Å²) in [5, 5.41) is 5.12. The third kappa shape index (κ3) is 2.57. The number of nitrogens with one attached hydrogen (secondary N) is 2. The highest BCUT2D eigenvalue weighted by molar-refractivity contribution is 7.18. The van der Waals surface area contributed by atoms with Crippen LogP contribution < -0.4 is 0 Å². The fourth-order valence-electron chi connectivity index (χ4n) is 4.65. The minimum Gasteiger partial charge on any atom is -0.355 e. The van der Waals surface area contributed by atoms with Gasteiger partial charge in [0.1, 0.15) is 0 Å². The first-order valence-electron chi connectivity index (χ1n) is 10.4. The highest BCUT2D eigenvalue weighted by Crippen LogP contribution is 2.38. The molecule has 0 spiro atoms. The molecule has 0 radical (unpaired) electrons. The van der Waals surface area contributed by atoms with Crippen LogP contribution in [0.2, 0.25) is 0 Å². The molecule has 0 aliphatic carbocycles. The quantitative estimate of drug-likeness (QED) is 0.285. The van der Waals surface area contributed by atoms with Crippen molar-refractivity contribution in [3.05, 3.63) is 97.1 Å². The molecule has 4 aromatic carbocycles. The number of hydrogen-bond donors (Lipinski definition) is 2. The molecular weight excluding hydrogens is 396 g/mol. The minimum absolute atomic E-state index is 1.19. The number of H-pyrrole nitrogens is 2. The molecule has 0 aliphatic heterocycles. The van der Waals surface area contributed by atoms with E-state index in [-0.39, 0.29) is 0 Å². The monoisotopic (exact) mass is 414 g/mol. The van der Waals surface area contributed by atoms with Crippen molar-refractivity contribution in [3.8, 4) is 20.9 Å². The maximum Gasteiger partial charge on any atom is 0.0465 e. The molecule has 0 bridgehead atoms. The zero-order valence-electron chi connectivity index (χ0n) is 16.6. The van der Waals surface area contributed by atoms with Crippen molar-refractivity contribution in [2.24, 2.45) is 0 Å². The number of fused-ring (bicyclic) bond motifs is 6. The lowest BCUT2D eigenvalue weighted by molar-refractivity contribution is 1.55. The van der Waals surface area contributed by atoms with E-state index < -0.39 is 0 Å². The average Bonchev–Trinajstić information content (AvgIpc) is 3.53. The third-order valence-corrected chi connectivity index (χ3v) is 7.37. The molecule has 7 aromatic rings. The van der Waals surface area contributed by atoms with E-state index in [0.717, 1.165) is 0 Å². The van der Waals surface area contributed by atoms with Gasteiger partial charge in [0.05, 0.1) is 0 Å². The van der Waals surface area contributed by atoms with Crippen LogP contribution in [-0.2, 0) is 0 Å². The van der Waals surface area contributed by atoms with Crippen molar-refractivity contribution in [3.63, 3.8) is 0 Å². The zero-order chi connectivity index (χ0) is 20.4. The van der Waals surface area contributed by atoms with Gasteiger partial charge in [-0.1, -0.05) is 48.5 Å². The lowest BCUT2D eigenvalue weighted by atomic mass is 10.1. The number of rotatable bonds is 2. The smallest absolute Gasteiger partial charge is 0.0465 e. The largest absolute Gasteiger partial charge is 0.355 e. The van der Waals surface area contributed by atoms with Gasteiger partial charge in [-0.05, 0) is 59.7 Å². The lowest BCUT2D eigenvalue weighted by Crippen LogP contribution is -1.73. The summed E-state index contributed by atoms with van der Waals surface area (Å²) in [6, 6.07) is 35.0. The standard InChI is InChI=1S/C28H18N2S/c1-3-7-23-19(5-1)21-15-17(9-11-25(21)29-23)27-13-14-28(31-27)18-10-12-26-22(16-18)20-6-2-4-8-24(20)30-26/h1-16,29-30H. The van der Waals surface area contributed by atoms with Gasteiger partial charge in [0.25, 0.3) is 0 Å². The molecule has 0 atom stereocenters. The maximum absolute atomic E-state index is 3.52. The summed E-state index contributed by atoms with van der Waals surface area (Å²) < 4.78 is 0. The van der Waals surface area contributed by atoms with Crippen LogP contribution in [0.3, 0.4) is 0 Å². The van der Waals surface area contributed by atoms with Crippen molar-refractivity contribution in [1.82, 2.24) is 9.97 Å². The Morgan fingerprint density at radius 2 is 0.871 bits per heavy atom. The van der Waals surface area contributed by atoms with Gasteiger partial charge < -0.3 is 9.97 Å². The number of para-hydroxylation sites is 2. The van der Waals surface area contributed by atoms with Gasteiger partial charge in [0, 0.05) is 53.4 Å². The molecule has 2 N–H and O–H groups in total. The Bertz CT molecular complexity index is 1620. The predicted molar refractivity (Wildman–Crippen MR) is 134 cm³/mol. The number of thiophene rings is 1. The lowest BCUT2D eigenvalue weighted by Gasteiger charge is -2.00. The first-order chi connectivity index (χ1) is 15.3. The van der Waals surface area contributed by atoms with Gasteiger partial charge in [-0.15, -0.1) is 11.3 Å². The second-order valence-electron chi connectivity index (χ2n) is 8.03. The molecule has 146 valence electrons. The molecule has 0 fully saturated rings. The van der Waals surface area contributed by atoms with Crippen molar-refractivity contribution in [1.29, 1.82) is 0 Å². The second-order valence-corrected chi connectivity index (χ2v) is 9.11. The molecule has 3 aromatic heterocycles. The summed E-state index contributed by atoms with van der Waals surface area (Å²) in [5.41, 5.74) is 7.28. The number of aromatic amines is 2. The van der Waals surface area contributed by atoms with Crippen LogP contribution in [0.25, 0.3) is 64.5 Å².